The minimum Gasteiger partial charge on any atom is -0.368 e. The van der Waals surface area contributed by atoms with Gasteiger partial charge >= 0.3 is 0 Å². The van der Waals surface area contributed by atoms with E-state index in [0.29, 0.717) is 5.95 Å². The Kier molecular flexibility index (Phi) is 3.10. The molecule has 2 rings (SSSR count). The number of hydrogen-bond donors (Lipinski definition) is 1. The van der Waals surface area contributed by atoms with Crippen LogP contribution in [0.2, 0.25) is 5.02 Å². The second-order valence-electron chi connectivity index (χ2n) is 3.62. The number of nitrogen functional groups attached to an aromatic ring is 1. The molecule has 0 atom stereocenters. The molecule has 4 nitrogen and oxygen atoms in total. The number of benzene rings is 1. The molecular weight excluding hydrogens is 224 g/mol. The highest BCUT2D eigenvalue weighted by molar-refractivity contribution is 6.31. The van der Waals surface area contributed by atoms with Crippen LogP contribution in [0.4, 0.5) is 5.95 Å². The van der Waals surface area contributed by atoms with Gasteiger partial charge in [0.2, 0.25) is 5.95 Å². The number of hydrogen-bond acceptors (Lipinski definition) is 3. The van der Waals surface area contributed by atoms with Gasteiger partial charge in [0.05, 0.1) is 0 Å². The van der Waals surface area contributed by atoms with E-state index in [1.165, 1.54) is 0 Å². The molecule has 0 aliphatic carbocycles. The molecule has 0 spiro atoms. The summed E-state index contributed by atoms with van der Waals surface area (Å²) in [4.78, 5) is 0. The van der Waals surface area contributed by atoms with Crippen molar-refractivity contribution in [1.82, 2.24) is 14.8 Å². The zero-order valence-electron chi connectivity index (χ0n) is 9.02. The minimum absolute atomic E-state index is 0.439. The third-order valence-corrected chi connectivity index (χ3v) is 2.94. The third kappa shape index (κ3) is 2.17. The predicted molar refractivity (Wildman–Crippen MR) is 64.3 cm³/mol. The predicted octanol–water partition coefficient (Wildman–Crippen LogP) is 1.84. The topological polar surface area (TPSA) is 56.7 Å². The zero-order valence-corrected chi connectivity index (χ0v) is 9.78. The lowest BCUT2D eigenvalue weighted by Gasteiger charge is -2.03. The second kappa shape index (κ2) is 4.53. The van der Waals surface area contributed by atoms with Crippen LogP contribution in [0.5, 0.6) is 0 Å². The van der Waals surface area contributed by atoms with Crippen molar-refractivity contribution >= 4 is 17.5 Å². The van der Waals surface area contributed by atoms with Crippen LogP contribution >= 0.6 is 11.6 Å². The van der Waals surface area contributed by atoms with Crippen molar-refractivity contribution in [3.8, 4) is 0 Å². The molecule has 1 aromatic carbocycles. The lowest BCUT2D eigenvalue weighted by Crippen LogP contribution is -2.03. The maximum atomic E-state index is 6.07. The van der Waals surface area contributed by atoms with Crippen molar-refractivity contribution in [2.24, 2.45) is 7.05 Å². The quantitative estimate of drug-likeness (QED) is 0.885. The molecule has 0 unspecified atom stereocenters. The molecular formula is C11H13ClN4. The van der Waals surface area contributed by atoms with Crippen molar-refractivity contribution in [2.45, 2.75) is 12.8 Å². The fourth-order valence-corrected chi connectivity index (χ4v) is 1.77. The molecule has 84 valence electrons. The summed E-state index contributed by atoms with van der Waals surface area (Å²) in [7, 11) is 1.86. The summed E-state index contributed by atoms with van der Waals surface area (Å²) in [5.74, 6) is 1.31. The molecule has 0 fully saturated rings. The number of aryl methyl sites for hydroxylation is 2. The summed E-state index contributed by atoms with van der Waals surface area (Å²) in [6.07, 6.45) is 1.62. The first kappa shape index (κ1) is 11.0. The van der Waals surface area contributed by atoms with Crippen LogP contribution < -0.4 is 5.73 Å². The molecule has 2 N–H and O–H groups in total. The molecule has 1 aromatic heterocycles. The van der Waals surface area contributed by atoms with E-state index in [-0.39, 0.29) is 0 Å². The van der Waals surface area contributed by atoms with Gasteiger partial charge in [0, 0.05) is 18.5 Å². The lowest BCUT2D eigenvalue weighted by atomic mass is 10.1. The number of nitrogens with two attached hydrogens (primary N) is 1. The van der Waals surface area contributed by atoms with Crippen molar-refractivity contribution in [3.63, 3.8) is 0 Å². The van der Waals surface area contributed by atoms with Crippen LogP contribution in [0.1, 0.15) is 11.4 Å². The van der Waals surface area contributed by atoms with Gasteiger partial charge in [-0.2, -0.15) is 0 Å². The molecule has 2 aromatic rings. The molecule has 0 radical (unpaired) electrons. The fraction of sp³-hybridized carbons (Fsp3) is 0.273. The molecule has 0 amide bonds. The number of anilines is 1. The van der Waals surface area contributed by atoms with Gasteiger partial charge in [-0.05, 0) is 18.1 Å². The van der Waals surface area contributed by atoms with E-state index in [0.717, 1.165) is 29.3 Å². The van der Waals surface area contributed by atoms with E-state index in [9.17, 15) is 0 Å². The Morgan fingerprint density at radius 2 is 2.00 bits per heavy atom. The molecule has 16 heavy (non-hydrogen) atoms. The molecule has 0 bridgehead atoms. The minimum atomic E-state index is 0.439. The molecule has 0 aliphatic heterocycles. The molecule has 0 saturated carbocycles. The average molecular weight is 237 g/mol. The first-order chi connectivity index (χ1) is 7.68. The van der Waals surface area contributed by atoms with Crippen LogP contribution in [0.15, 0.2) is 24.3 Å². The lowest BCUT2D eigenvalue weighted by molar-refractivity contribution is 0.774. The Balaban J connectivity index is 2.08. The van der Waals surface area contributed by atoms with Crippen molar-refractivity contribution < 1.29 is 0 Å². The summed E-state index contributed by atoms with van der Waals surface area (Å²) >= 11 is 6.07. The molecule has 0 saturated heterocycles. The van der Waals surface area contributed by atoms with Crippen molar-refractivity contribution in [2.75, 3.05) is 5.73 Å². The standard InChI is InChI=1S/C11H13ClN4/c1-16-10(14-15-11(16)13)7-6-8-4-2-3-5-9(8)12/h2-5H,6-7H2,1H3,(H2,13,15). The van der Waals surface area contributed by atoms with Crippen LogP contribution in [-0.4, -0.2) is 14.8 Å². The van der Waals surface area contributed by atoms with Crippen LogP contribution in [-0.2, 0) is 19.9 Å². The van der Waals surface area contributed by atoms with Gasteiger partial charge in [-0.15, -0.1) is 10.2 Å². The van der Waals surface area contributed by atoms with Crippen molar-refractivity contribution in [1.29, 1.82) is 0 Å². The maximum absolute atomic E-state index is 6.07. The second-order valence-corrected chi connectivity index (χ2v) is 4.03. The fourth-order valence-electron chi connectivity index (χ4n) is 1.54. The summed E-state index contributed by atoms with van der Waals surface area (Å²) in [5, 5.41) is 8.60. The SMILES string of the molecule is Cn1c(N)nnc1CCc1ccccc1Cl. The Morgan fingerprint density at radius 3 is 2.62 bits per heavy atom. The average Bonchev–Trinajstić information content (AvgIpc) is 2.59. The summed E-state index contributed by atoms with van der Waals surface area (Å²) in [5.41, 5.74) is 6.72. The largest absolute Gasteiger partial charge is 0.368 e. The monoisotopic (exact) mass is 236 g/mol. The van der Waals surface area contributed by atoms with Gasteiger partial charge in [0.15, 0.2) is 0 Å². The smallest absolute Gasteiger partial charge is 0.221 e. The molecule has 0 aliphatic rings. The summed E-state index contributed by atoms with van der Waals surface area (Å²) < 4.78 is 1.79. The summed E-state index contributed by atoms with van der Waals surface area (Å²) in [6.45, 7) is 0. The van der Waals surface area contributed by atoms with E-state index in [2.05, 4.69) is 10.2 Å². The first-order valence-corrected chi connectivity index (χ1v) is 5.43. The van der Waals surface area contributed by atoms with E-state index >= 15 is 0 Å². The Labute approximate surface area is 99.1 Å². The Morgan fingerprint density at radius 1 is 1.25 bits per heavy atom. The van der Waals surface area contributed by atoms with Crippen LogP contribution in [0, 0.1) is 0 Å². The van der Waals surface area contributed by atoms with Gasteiger partial charge in [-0.25, -0.2) is 0 Å². The van der Waals surface area contributed by atoms with E-state index in [1.807, 2.05) is 31.3 Å². The first-order valence-electron chi connectivity index (χ1n) is 5.05. The van der Waals surface area contributed by atoms with Gasteiger partial charge in [-0.3, -0.25) is 0 Å². The number of rotatable bonds is 3. The molecule has 1 heterocycles. The third-order valence-electron chi connectivity index (χ3n) is 2.57. The normalized spacial score (nSPS) is 10.6. The Bertz CT molecular complexity index is 492. The summed E-state index contributed by atoms with van der Waals surface area (Å²) in [6, 6.07) is 7.81. The number of halogens is 1. The highest BCUT2D eigenvalue weighted by atomic mass is 35.5. The maximum Gasteiger partial charge on any atom is 0.221 e. The number of aromatic nitrogens is 3. The number of nitrogens with zero attached hydrogens (tertiary/aromatic N) is 3. The van der Waals surface area contributed by atoms with E-state index in [1.54, 1.807) is 4.57 Å². The Hall–Kier alpha value is -1.55. The van der Waals surface area contributed by atoms with E-state index < -0.39 is 0 Å². The highest BCUT2D eigenvalue weighted by Crippen LogP contribution is 2.16. The van der Waals surface area contributed by atoms with Crippen molar-refractivity contribution in [3.05, 3.63) is 40.7 Å². The van der Waals surface area contributed by atoms with Crippen LogP contribution in [0.25, 0.3) is 0 Å². The zero-order chi connectivity index (χ0) is 11.5. The van der Waals surface area contributed by atoms with Gasteiger partial charge in [-0.1, -0.05) is 29.8 Å². The van der Waals surface area contributed by atoms with Gasteiger partial charge in [0.25, 0.3) is 0 Å². The van der Waals surface area contributed by atoms with Gasteiger partial charge < -0.3 is 10.3 Å². The van der Waals surface area contributed by atoms with E-state index in [4.69, 9.17) is 17.3 Å². The highest BCUT2D eigenvalue weighted by Gasteiger charge is 2.06. The molecule has 5 heteroatoms. The van der Waals surface area contributed by atoms with Crippen LogP contribution in [0.3, 0.4) is 0 Å². The van der Waals surface area contributed by atoms with Gasteiger partial charge in [0.1, 0.15) is 5.82 Å².